The zero-order valence-corrected chi connectivity index (χ0v) is 18.0. The van der Waals surface area contributed by atoms with Crippen LogP contribution in [0.5, 0.6) is 0 Å². The molecular formula is C22H43ClO3. The molecule has 0 spiro atoms. The largest absolute Gasteiger partial charge is 0.509 e. The molecule has 0 bridgehead atoms. The van der Waals surface area contributed by atoms with Crippen LogP contribution < -0.4 is 0 Å². The molecule has 0 aromatic rings. The molecule has 0 N–H and O–H groups in total. The van der Waals surface area contributed by atoms with Gasteiger partial charge in [0.15, 0.2) is 6.07 Å². The van der Waals surface area contributed by atoms with Crippen molar-refractivity contribution in [3.05, 3.63) is 0 Å². The van der Waals surface area contributed by atoms with Gasteiger partial charge in [-0.2, -0.15) is 0 Å². The second-order valence-corrected chi connectivity index (χ2v) is 7.58. The van der Waals surface area contributed by atoms with Crippen LogP contribution in [0.1, 0.15) is 122 Å². The summed E-state index contributed by atoms with van der Waals surface area (Å²) in [5.41, 5.74) is 0. The first-order chi connectivity index (χ1) is 12.8. The molecule has 0 aliphatic rings. The first-order valence-corrected chi connectivity index (χ1v) is 11.7. The summed E-state index contributed by atoms with van der Waals surface area (Å²) < 4.78 is 9.35. The number of carbonyl (C=O) groups excluding carboxylic acids is 1. The Morgan fingerprint density at radius 2 is 0.923 bits per heavy atom. The number of hydrogen-bond donors (Lipinski definition) is 0. The molecule has 0 aromatic heterocycles. The molecule has 0 saturated carbocycles. The van der Waals surface area contributed by atoms with Crippen LogP contribution in [0.25, 0.3) is 0 Å². The normalized spacial score (nSPS) is 10.8. The monoisotopic (exact) mass is 390 g/mol. The van der Waals surface area contributed by atoms with Crippen molar-refractivity contribution in [3.8, 4) is 0 Å². The molecule has 0 aromatic carbocycles. The van der Waals surface area contributed by atoms with Crippen molar-refractivity contribution < 1.29 is 14.3 Å². The molecule has 0 rings (SSSR count). The molecule has 0 aliphatic heterocycles. The van der Waals surface area contributed by atoms with E-state index in [0.717, 1.165) is 12.8 Å². The lowest BCUT2D eigenvalue weighted by atomic mass is 10.0. The Morgan fingerprint density at radius 1 is 0.577 bits per heavy atom. The molecule has 0 radical (unpaired) electrons. The van der Waals surface area contributed by atoms with Crippen LogP contribution in [0, 0.1) is 0 Å². The van der Waals surface area contributed by atoms with Gasteiger partial charge < -0.3 is 9.47 Å². The van der Waals surface area contributed by atoms with Crippen molar-refractivity contribution in [3.63, 3.8) is 0 Å². The summed E-state index contributed by atoms with van der Waals surface area (Å²) in [5.74, 6) is 0. The summed E-state index contributed by atoms with van der Waals surface area (Å²) >= 11 is 5.26. The highest BCUT2D eigenvalue weighted by atomic mass is 35.5. The Kier molecular flexibility index (Phi) is 22.2. The van der Waals surface area contributed by atoms with E-state index in [4.69, 9.17) is 16.3 Å². The molecule has 0 fully saturated rings. The second kappa shape index (κ2) is 22.6. The third kappa shape index (κ3) is 21.6. The average molecular weight is 391 g/mol. The predicted octanol–water partition coefficient (Wildman–Crippen LogP) is 8.38. The van der Waals surface area contributed by atoms with Crippen molar-refractivity contribution in [2.45, 2.75) is 122 Å². The Labute approximate surface area is 167 Å². The van der Waals surface area contributed by atoms with Gasteiger partial charge in [0.25, 0.3) is 0 Å². The molecule has 0 unspecified atom stereocenters. The number of halogens is 1. The second-order valence-electron chi connectivity index (χ2n) is 7.36. The van der Waals surface area contributed by atoms with Crippen LogP contribution in [0.4, 0.5) is 4.79 Å². The Bertz CT molecular complexity index is 285. The van der Waals surface area contributed by atoms with E-state index in [0.29, 0.717) is 6.61 Å². The summed E-state index contributed by atoms with van der Waals surface area (Å²) in [6.45, 7) is 2.72. The van der Waals surface area contributed by atoms with Gasteiger partial charge >= 0.3 is 6.16 Å². The highest BCUT2D eigenvalue weighted by molar-refractivity contribution is 6.17. The third-order valence-corrected chi connectivity index (χ3v) is 5.00. The summed E-state index contributed by atoms with van der Waals surface area (Å²) in [5, 5.41) is 0. The molecule has 0 amide bonds. The maximum Gasteiger partial charge on any atom is 0.509 e. The lowest BCUT2D eigenvalue weighted by Gasteiger charge is -2.04. The first-order valence-electron chi connectivity index (χ1n) is 11.2. The van der Waals surface area contributed by atoms with Crippen LogP contribution in [-0.2, 0) is 9.47 Å². The van der Waals surface area contributed by atoms with Gasteiger partial charge in [-0.15, -0.1) is 0 Å². The fourth-order valence-electron chi connectivity index (χ4n) is 3.25. The summed E-state index contributed by atoms with van der Waals surface area (Å²) in [6, 6.07) is -0.141. The van der Waals surface area contributed by atoms with Crippen LogP contribution in [0.2, 0.25) is 0 Å². The maximum atomic E-state index is 10.9. The minimum atomic E-state index is -0.660. The fraction of sp³-hybridized carbons (Fsp3) is 0.955. The van der Waals surface area contributed by atoms with Crippen LogP contribution in [0.3, 0.4) is 0 Å². The van der Waals surface area contributed by atoms with Crippen molar-refractivity contribution in [1.82, 2.24) is 0 Å². The van der Waals surface area contributed by atoms with Gasteiger partial charge in [0, 0.05) is 0 Å². The van der Waals surface area contributed by atoms with E-state index in [2.05, 4.69) is 11.7 Å². The van der Waals surface area contributed by atoms with Gasteiger partial charge in [0.05, 0.1) is 6.61 Å². The van der Waals surface area contributed by atoms with Crippen molar-refractivity contribution in [1.29, 1.82) is 0 Å². The minimum Gasteiger partial charge on any atom is -0.434 e. The predicted molar refractivity (Wildman–Crippen MR) is 112 cm³/mol. The number of alkyl halides is 1. The van der Waals surface area contributed by atoms with Gasteiger partial charge in [-0.1, -0.05) is 128 Å². The summed E-state index contributed by atoms with van der Waals surface area (Å²) in [6.07, 6.45) is 23.7. The van der Waals surface area contributed by atoms with Crippen LogP contribution in [0.15, 0.2) is 0 Å². The number of ether oxygens (including phenoxy) is 2. The molecule has 0 saturated heterocycles. The standard InChI is InChI=1S/C22H43ClO3/c1-2-3-4-5-6-7-8-9-10-11-12-13-14-15-16-17-18-19-20-25-22(24)26-21-23/h2-21H2,1H3. The number of unbranched alkanes of at least 4 members (excludes halogenated alkanes) is 17. The summed E-state index contributed by atoms with van der Waals surface area (Å²) in [7, 11) is 0. The first kappa shape index (κ1) is 25.6. The van der Waals surface area contributed by atoms with E-state index in [9.17, 15) is 4.79 Å². The fourth-order valence-corrected chi connectivity index (χ4v) is 3.33. The van der Waals surface area contributed by atoms with Gasteiger partial charge in [-0.3, -0.25) is 0 Å². The maximum absolute atomic E-state index is 10.9. The average Bonchev–Trinajstić information content (AvgIpc) is 2.64. The minimum absolute atomic E-state index is 0.141. The molecule has 26 heavy (non-hydrogen) atoms. The van der Waals surface area contributed by atoms with Crippen molar-refractivity contribution in [2.75, 3.05) is 12.7 Å². The van der Waals surface area contributed by atoms with Crippen LogP contribution in [-0.4, -0.2) is 18.8 Å². The number of rotatable bonds is 20. The zero-order valence-electron chi connectivity index (χ0n) is 17.2. The van der Waals surface area contributed by atoms with Crippen molar-refractivity contribution >= 4 is 17.8 Å². The quantitative estimate of drug-likeness (QED) is 0.119. The molecule has 0 aliphatic carbocycles. The lowest BCUT2D eigenvalue weighted by Crippen LogP contribution is -2.07. The van der Waals surface area contributed by atoms with Gasteiger partial charge in [-0.25, -0.2) is 4.79 Å². The highest BCUT2D eigenvalue weighted by Crippen LogP contribution is 2.14. The molecular weight excluding hydrogens is 348 g/mol. The van der Waals surface area contributed by atoms with Gasteiger partial charge in [0.1, 0.15) is 0 Å². The zero-order chi connectivity index (χ0) is 19.1. The van der Waals surface area contributed by atoms with Crippen molar-refractivity contribution in [2.24, 2.45) is 0 Å². The van der Waals surface area contributed by atoms with E-state index in [1.165, 1.54) is 103 Å². The highest BCUT2D eigenvalue weighted by Gasteiger charge is 2.01. The molecule has 0 atom stereocenters. The Morgan fingerprint density at radius 3 is 1.27 bits per heavy atom. The molecule has 4 heteroatoms. The van der Waals surface area contributed by atoms with E-state index in [-0.39, 0.29) is 6.07 Å². The topological polar surface area (TPSA) is 35.5 Å². The van der Waals surface area contributed by atoms with Gasteiger partial charge in [-0.05, 0) is 6.42 Å². The van der Waals surface area contributed by atoms with E-state index >= 15 is 0 Å². The lowest BCUT2D eigenvalue weighted by molar-refractivity contribution is 0.0664. The number of hydrogen-bond acceptors (Lipinski definition) is 3. The SMILES string of the molecule is CCCCCCCCCCCCCCCCCCCCOC(=O)OCCl. The van der Waals surface area contributed by atoms with E-state index < -0.39 is 6.16 Å². The Hall–Kier alpha value is -0.440. The summed E-state index contributed by atoms with van der Waals surface area (Å²) in [4.78, 5) is 10.9. The van der Waals surface area contributed by atoms with E-state index in [1.807, 2.05) is 0 Å². The Balaban J connectivity index is 3.02. The molecule has 156 valence electrons. The van der Waals surface area contributed by atoms with E-state index in [1.54, 1.807) is 0 Å². The smallest absolute Gasteiger partial charge is 0.434 e. The van der Waals surface area contributed by atoms with Crippen LogP contribution >= 0.6 is 11.6 Å². The van der Waals surface area contributed by atoms with Gasteiger partial charge in [0.2, 0.25) is 0 Å². The number of carbonyl (C=O) groups is 1. The molecule has 0 heterocycles. The molecule has 3 nitrogen and oxygen atoms in total. The third-order valence-electron chi connectivity index (χ3n) is 4.89.